The Morgan fingerprint density at radius 3 is 2.16 bits per heavy atom. The van der Waals surface area contributed by atoms with Crippen molar-refractivity contribution in [1.82, 2.24) is 0 Å². The van der Waals surface area contributed by atoms with E-state index in [1.807, 2.05) is 0 Å². The molecular weight excluding hydrogens is 302 g/mol. The lowest BCUT2D eigenvalue weighted by Gasteiger charge is -2.42. The maximum absolute atomic E-state index is 10.0. The molecule has 0 bridgehead atoms. The second kappa shape index (κ2) is 8.75. The van der Waals surface area contributed by atoms with Crippen molar-refractivity contribution in [3.8, 4) is 6.07 Å². The summed E-state index contributed by atoms with van der Waals surface area (Å²) < 4.78 is 0. The fourth-order valence-corrected chi connectivity index (χ4v) is 6.17. The second-order valence-corrected chi connectivity index (χ2v) is 9.38. The van der Waals surface area contributed by atoms with E-state index in [1.54, 1.807) is 0 Å². The average molecular weight is 342 g/mol. The Bertz CT molecular complexity index is 481. The lowest BCUT2D eigenvalue weighted by Crippen LogP contribution is -2.33. The average Bonchev–Trinajstić information content (AvgIpc) is 2.69. The molecule has 3 rings (SSSR count). The first-order valence-electron chi connectivity index (χ1n) is 11.3. The highest BCUT2D eigenvalue weighted by Gasteiger charge is 2.41. The van der Waals surface area contributed by atoms with Gasteiger partial charge in [0, 0.05) is 0 Å². The van der Waals surface area contributed by atoms with E-state index in [0.29, 0.717) is 0 Å². The van der Waals surface area contributed by atoms with Crippen LogP contribution in [0, 0.1) is 40.4 Å². The summed E-state index contributed by atoms with van der Waals surface area (Å²) in [4.78, 5) is 0. The molecule has 0 aliphatic heterocycles. The van der Waals surface area contributed by atoms with Crippen LogP contribution >= 0.6 is 0 Å². The van der Waals surface area contributed by atoms with Crippen molar-refractivity contribution in [3.63, 3.8) is 0 Å². The van der Waals surface area contributed by atoms with Gasteiger partial charge in [-0.15, -0.1) is 0 Å². The van der Waals surface area contributed by atoms with Gasteiger partial charge < -0.3 is 0 Å². The Morgan fingerprint density at radius 1 is 0.960 bits per heavy atom. The third kappa shape index (κ3) is 4.32. The molecule has 0 amide bonds. The van der Waals surface area contributed by atoms with Gasteiger partial charge in [-0.2, -0.15) is 5.26 Å². The van der Waals surface area contributed by atoms with E-state index in [2.05, 4.69) is 26.0 Å². The molecule has 1 heteroatoms. The number of allylic oxidation sites excluding steroid dienone is 2. The van der Waals surface area contributed by atoms with E-state index < -0.39 is 0 Å². The summed E-state index contributed by atoms with van der Waals surface area (Å²) in [6, 6.07) is 2.81. The van der Waals surface area contributed by atoms with Crippen molar-refractivity contribution < 1.29 is 0 Å². The Labute approximate surface area is 156 Å². The van der Waals surface area contributed by atoms with Crippen LogP contribution in [0.1, 0.15) is 104 Å². The normalized spacial score (nSPS) is 39.5. The van der Waals surface area contributed by atoms with E-state index in [9.17, 15) is 5.26 Å². The topological polar surface area (TPSA) is 23.8 Å². The third-order valence-electron chi connectivity index (χ3n) is 8.06. The molecule has 0 unspecified atom stereocenters. The number of nitrogens with zero attached hydrogens (tertiary/aromatic N) is 1. The zero-order valence-corrected chi connectivity index (χ0v) is 16.7. The molecule has 0 aromatic carbocycles. The van der Waals surface area contributed by atoms with Crippen LogP contribution in [0.3, 0.4) is 0 Å². The minimum absolute atomic E-state index is 0.0890. The highest BCUT2D eigenvalue weighted by Crippen LogP contribution is 2.51. The summed E-state index contributed by atoms with van der Waals surface area (Å²) in [6.45, 7) is 4.65. The van der Waals surface area contributed by atoms with Gasteiger partial charge in [0.05, 0.1) is 11.5 Å². The van der Waals surface area contributed by atoms with Gasteiger partial charge in [-0.3, -0.25) is 0 Å². The van der Waals surface area contributed by atoms with Crippen molar-refractivity contribution in [2.75, 3.05) is 0 Å². The number of nitriles is 1. The highest BCUT2D eigenvalue weighted by molar-refractivity contribution is 5.26. The Hall–Kier alpha value is -0.770. The Kier molecular flexibility index (Phi) is 6.65. The molecule has 25 heavy (non-hydrogen) atoms. The summed E-state index contributed by atoms with van der Waals surface area (Å²) in [7, 11) is 0. The molecule has 0 heterocycles. The first kappa shape index (κ1) is 19.0. The summed E-state index contributed by atoms with van der Waals surface area (Å²) in [6.07, 6.45) is 21.1. The van der Waals surface area contributed by atoms with Gasteiger partial charge in [-0.25, -0.2) is 0 Å². The summed E-state index contributed by atoms with van der Waals surface area (Å²) in [5.74, 6) is 3.76. The maximum Gasteiger partial charge on any atom is 0.0782 e. The summed E-state index contributed by atoms with van der Waals surface area (Å²) >= 11 is 0. The van der Waals surface area contributed by atoms with Crippen LogP contribution in [0.4, 0.5) is 0 Å². The van der Waals surface area contributed by atoms with E-state index in [1.165, 1.54) is 82.6 Å². The van der Waals surface area contributed by atoms with Crippen molar-refractivity contribution in [1.29, 1.82) is 5.26 Å². The first-order chi connectivity index (χ1) is 12.2. The minimum Gasteiger partial charge on any atom is -0.197 e. The fraction of sp³-hybridized carbons (Fsp3) is 0.875. The Balaban J connectivity index is 1.55. The van der Waals surface area contributed by atoms with Crippen molar-refractivity contribution in [2.24, 2.45) is 29.1 Å². The van der Waals surface area contributed by atoms with Crippen molar-refractivity contribution in [3.05, 3.63) is 11.6 Å². The standard InChI is InChI=1S/C24H39N/c1-3-5-20-8-12-23(13-9-20)24(18-25)16-14-22(15-17-24)21-10-6-19(4-2)7-11-21/h12,19-22H,3-11,13-17H2,1-2H3/t19?,20-,21?,22?,24?/m0/s1. The quantitative estimate of drug-likeness (QED) is 0.477. The van der Waals surface area contributed by atoms with Gasteiger partial charge in [0.2, 0.25) is 0 Å². The van der Waals surface area contributed by atoms with Crippen LogP contribution in [0.25, 0.3) is 0 Å². The van der Waals surface area contributed by atoms with Crippen LogP contribution in [0.5, 0.6) is 0 Å². The molecule has 0 aromatic rings. The predicted molar refractivity (Wildman–Crippen MR) is 106 cm³/mol. The lowest BCUT2D eigenvalue weighted by molar-refractivity contribution is 0.132. The summed E-state index contributed by atoms with van der Waals surface area (Å²) in [5.41, 5.74) is 1.43. The molecule has 3 aliphatic carbocycles. The smallest absolute Gasteiger partial charge is 0.0782 e. The molecular formula is C24H39N. The molecule has 3 aliphatic rings. The SMILES string of the molecule is CCC[C@H]1CC=C(C2(C#N)CCC(C3CCC(CC)CC3)CC2)CC1. The van der Waals surface area contributed by atoms with E-state index >= 15 is 0 Å². The molecule has 0 radical (unpaired) electrons. The van der Waals surface area contributed by atoms with Gasteiger partial charge >= 0.3 is 0 Å². The van der Waals surface area contributed by atoms with Crippen molar-refractivity contribution >= 4 is 0 Å². The number of hydrogen-bond donors (Lipinski definition) is 0. The predicted octanol–water partition coefficient (Wildman–Crippen LogP) is 7.43. The molecule has 0 aromatic heterocycles. The summed E-state index contributed by atoms with van der Waals surface area (Å²) in [5, 5.41) is 10.0. The van der Waals surface area contributed by atoms with Crippen LogP contribution < -0.4 is 0 Å². The number of hydrogen-bond acceptors (Lipinski definition) is 1. The number of rotatable bonds is 5. The van der Waals surface area contributed by atoms with E-state index in [-0.39, 0.29) is 5.41 Å². The van der Waals surface area contributed by atoms with Crippen LogP contribution in [-0.2, 0) is 0 Å². The molecule has 1 nitrogen and oxygen atoms in total. The third-order valence-corrected chi connectivity index (χ3v) is 8.06. The van der Waals surface area contributed by atoms with Crippen LogP contribution in [0.15, 0.2) is 11.6 Å². The second-order valence-electron chi connectivity index (χ2n) is 9.38. The largest absolute Gasteiger partial charge is 0.197 e. The maximum atomic E-state index is 10.0. The highest BCUT2D eigenvalue weighted by atomic mass is 14.5. The van der Waals surface area contributed by atoms with Crippen molar-refractivity contribution in [2.45, 2.75) is 104 Å². The van der Waals surface area contributed by atoms with Crippen LogP contribution in [0.2, 0.25) is 0 Å². The zero-order chi connectivity index (χ0) is 17.7. The van der Waals surface area contributed by atoms with Crippen LogP contribution in [-0.4, -0.2) is 0 Å². The van der Waals surface area contributed by atoms with Gasteiger partial charge in [-0.1, -0.05) is 57.6 Å². The minimum atomic E-state index is -0.0890. The molecule has 0 spiro atoms. The molecule has 0 saturated heterocycles. The molecule has 140 valence electrons. The first-order valence-corrected chi connectivity index (χ1v) is 11.3. The zero-order valence-electron chi connectivity index (χ0n) is 16.7. The fourth-order valence-electron chi connectivity index (χ4n) is 6.17. The van der Waals surface area contributed by atoms with Gasteiger partial charge in [-0.05, 0) is 81.5 Å². The lowest BCUT2D eigenvalue weighted by atomic mass is 9.61. The molecule has 2 fully saturated rings. The van der Waals surface area contributed by atoms with Gasteiger partial charge in [0.15, 0.2) is 0 Å². The van der Waals surface area contributed by atoms with Gasteiger partial charge in [0.1, 0.15) is 0 Å². The van der Waals surface area contributed by atoms with E-state index in [4.69, 9.17) is 0 Å². The molecule has 2 saturated carbocycles. The molecule has 0 N–H and O–H groups in total. The van der Waals surface area contributed by atoms with E-state index in [0.717, 1.165) is 36.5 Å². The monoisotopic (exact) mass is 341 g/mol. The Morgan fingerprint density at radius 2 is 1.64 bits per heavy atom. The van der Waals surface area contributed by atoms with Gasteiger partial charge in [0.25, 0.3) is 0 Å². The molecule has 1 atom stereocenters.